The molecule has 3 aromatic carbocycles. The molecule has 5 atom stereocenters. The van der Waals surface area contributed by atoms with Gasteiger partial charge in [-0.05, 0) is 183 Å². The molecule has 3 aromatic rings. The third kappa shape index (κ3) is 16.9. The molecular formula is C59H52N3O6PS. The average molecular weight is 962 g/mol. The van der Waals surface area contributed by atoms with E-state index in [9.17, 15) is 0 Å². The van der Waals surface area contributed by atoms with Crippen LogP contribution < -0.4 is 14.8 Å². The van der Waals surface area contributed by atoms with Crippen molar-refractivity contribution in [1.82, 2.24) is 9.99 Å². The van der Waals surface area contributed by atoms with Crippen LogP contribution in [-0.4, -0.2) is 81.1 Å². The highest BCUT2D eigenvalue weighted by molar-refractivity contribution is 7.80. The van der Waals surface area contributed by atoms with Gasteiger partial charge in [0.15, 0.2) is 4.99 Å². The van der Waals surface area contributed by atoms with Crippen molar-refractivity contribution in [1.29, 1.82) is 0 Å². The molecule has 0 spiro atoms. The molecule has 0 amide bonds. The summed E-state index contributed by atoms with van der Waals surface area (Å²) in [6.45, 7) is 18.2. The van der Waals surface area contributed by atoms with Crippen molar-refractivity contribution in [2.45, 2.75) is 77.0 Å². The third-order valence-electron chi connectivity index (χ3n) is 10.2. The zero-order chi connectivity index (χ0) is 50.4. The molecule has 0 heterocycles. The van der Waals surface area contributed by atoms with Gasteiger partial charge >= 0.3 is 0 Å². The number of thiocarbonyl (C=S) groups is 1. The van der Waals surface area contributed by atoms with Gasteiger partial charge in [0.05, 0.1) is 33.0 Å². The number of nitrogens with zero attached hydrogens (tertiary/aromatic N) is 2. The first-order chi connectivity index (χ1) is 34.1. The minimum absolute atomic E-state index is 0.0748. The quantitative estimate of drug-likeness (QED) is 0.0341. The summed E-state index contributed by atoms with van der Waals surface area (Å²) in [6, 6.07) is 25.8. The maximum absolute atomic E-state index is 7.44. The van der Waals surface area contributed by atoms with Gasteiger partial charge in [0, 0.05) is 37.0 Å². The fourth-order valence-electron chi connectivity index (χ4n) is 7.39. The lowest BCUT2D eigenvalue weighted by Gasteiger charge is -2.40. The van der Waals surface area contributed by atoms with E-state index < -0.39 is 26.3 Å². The second kappa shape index (κ2) is 30.8. The molecule has 0 aliphatic heterocycles. The smallest absolute Gasteiger partial charge is 0.259 e. The van der Waals surface area contributed by atoms with Crippen LogP contribution in [0.25, 0.3) is 4.85 Å². The van der Waals surface area contributed by atoms with E-state index in [1.54, 1.807) is 28.3 Å². The van der Waals surface area contributed by atoms with Crippen LogP contribution in [0.2, 0.25) is 0 Å². The van der Waals surface area contributed by atoms with Crippen molar-refractivity contribution in [3.8, 4) is 130 Å². The number of rotatable bonds is 18. The summed E-state index contributed by atoms with van der Waals surface area (Å²) < 4.78 is 40.7. The molecule has 350 valence electrons. The Balaban J connectivity index is 1.65. The van der Waals surface area contributed by atoms with Gasteiger partial charge in [0.25, 0.3) is 8.53 Å². The number of nitrogens with one attached hydrogen (secondary N) is 1. The minimum Gasteiger partial charge on any atom is -0.497 e. The van der Waals surface area contributed by atoms with Gasteiger partial charge in [-0.2, -0.15) is 0 Å². The van der Waals surface area contributed by atoms with Crippen LogP contribution in [0.3, 0.4) is 0 Å². The molecule has 11 heteroatoms. The lowest BCUT2D eigenvalue weighted by atomic mass is 9.79. The van der Waals surface area contributed by atoms with Crippen molar-refractivity contribution in [3.05, 3.63) is 107 Å². The van der Waals surface area contributed by atoms with E-state index in [0.29, 0.717) is 6.42 Å². The molecule has 0 radical (unpaired) electrons. The lowest BCUT2D eigenvalue weighted by Crippen LogP contribution is -2.45. The SMILES string of the molecule is [C-]#[N+]CCOP(OC1[C@@H](COC(c2ccccc2)(c2ccc(OC)cc2)c2ccc(OC)cc2)C[C@H](NC(=S)C#CC#CC#CC#CC#CC#CC#CC#CC#CC#CC)[C@H]1OC)N(C(C)C)C(C)C. The summed E-state index contributed by atoms with van der Waals surface area (Å²) in [5, 5.41) is 3.42. The second-order valence-corrected chi connectivity index (χ2v) is 17.1. The zero-order valence-electron chi connectivity index (χ0n) is 40.5. The first-order valence-corrected chi connectivity index (χ1v) is 23.6. The fourth-order valence-corrected chi connectivity index (χ4v) is 9.39. The van der Waals surface area contributed by atoms with Gasteiger partial charge in [-0.3, -0.25) is 0 Å². The van der Waals surface area contributed by atoms with Gasteiger partial charge in [-0.15, -0.1) is 0 Å². The van der Waals surface area contributed by atoms with E-state index in [2.05, 4.69) is 173 Å². The Kier molecular flexibility index (Phi) is 24.2. The number of methoxy groups -OCH3 is 3. The Morgan fingerprint density at radius 2 is 1.14 bits per heavy atom. The first kappa shape index (κ1) is 55.1. The summed E-state index contributed by atoms with van der Waals surface area (Å²) in [4.78, 5) is 3.81. The highest BCUT2D eigenvalue weighted by atomic mass is 32.1. The van der Waals surface area contributed by atoms with Gasteiger partial charge in [-0.1, -0.05) is 72.7 Å². The Labute approximate surface area is 422 Å². The zero-order valence-corrected chi connectivity index (χ0v) is 42.2. The van der Waals surface area contributed by atoms with E-state index in [0.717, 1.165) is 28.2 Å². The van der Waals surface area contributed by atoms with E-state index in [1.807, 2.05) is 66.7 Å². The van der Waals surface area contributed by atoms with E-state index >= 15 is 0 Å². The Bertz CT molecular complexity index is 2900. The Morgan fingerprint density at radius 1 is 0.686 bits per heavy atom. The summed E-state index contributed by atoms with van der Waals surface area (Å²) in [7, 11) is 3.28. The molecule has 0 saturated heterocycles. The van der Waals surface area contributed by atoms with Crippen LogP contribution in [0.4, 0.5) is 0 Å². The summed E-state index contributed by atoms with van der Waals surface area (Å²) in [5.41, 5.74) is 1.63. The molecular weight excluding hydrogens is 910 g/mol. The molecule has 1 saturated carbocycles. The van der Waals surface area contributed by atoms with Crippen molar-refractivity contribution in [2.24, 2.45) is 5.92 Å². The standard InChI is InChI=1S/C59H52N3O6PS/c1-10-11-12-13-14-15-16-17-18-19-20-21-22-23-24-25-26-27-31-34-56(70)61-55-45-49(57(58(55)65-9)68-69(67-44-43-60-6)62(47(2)3)48(4)5)46-66-59(50-32-29-28-30-33-50,51-35-39-53(63-7)40-36-51)52-37-41-54(64-8)42-38-52/h28-30,32-33,35-42,47-49,55,57-58H,43-46H2,1-5,7-9H3,(H,61,70)/t49-,55+,57?,58-,69?/m1/s1. The van der Waals surface area contributed by atoms with Crippen molar-refractivity contribution in [3.63, 3.8) is 0 Å². The minimum atomic E-state index is -1.66. The molecule has 0 aromatic heterocycles. The normalized spacial score (nSPS) is 15.3. The largest absolute Gasteiger partial charge is 0.497 e. The highest BCUT2D eigenvalue weighted by Crippen LogP contribution is 2.51. The number of hydrogen-bond donors (Lipinski definition) is 1. The molecule has 70 heavy (non-hydrogen) atoms. The predicted molar refractivity (Wildman–Crippen MR) is 281 cm³/mol. The number of ether oxygens (including phenoxy) is 4. The van der Waals surface area contributed by atoms with Crippen LogP contribution in [0.5, 0.6) is 11.5 Å². The molecule has 1 aliphatic carbocycles. The molecule has 0 bridgehead atoms. The van der Waals surface area contributed by atoms with Crippen LogP contribution in [0, 0.1) is 131 Å². The van der Waals surface area contributed by atoms with Crippen LogP contribution >= 0.6 is 20.7 Å². The molecule has 9 nitrogen and oxygen atoms in total. The molecule has 1 fully saturated rings. The first-order valence-electron chi connectivity index (χ1n) is 22.1. The van der Waals surface area contributed by atoms with E-state index in [1.165, 1.54) is 0 Å². The summed E-state index contributed by atoms with van der Waals surface area (Å²) in [5.74, 6) is 53.5. The van der Waals surface area contributed by atoms with Crippen molar-refractivity contribution >= 4 is 25.7 Å². The fraction of sp³-hybridized carbons (Fsp3) is 0.322. The van der Waals surface area contributed by atoms with E-state index in [4.69, 9.17) is 46.8 Å². The number of hydrogen-bond acceptors (Lipinski definition) is 8. The third-order valence-corrected chi connectivity index (χ3v) is 12.6. The molecule has 1 aliphatic rings. The van der Waals surface area contributed by atoms with Crippen LogP contribution in [-0.2, 0) is 24.1 Å². The van der Waals surface area contributed by atoms with Crippen molar-refractivity contribution in [2.75, 3.05) is 41.1 Å². The molecule has 4 rings (SSSR count). The van der Waals surface area contributed by atoms with Gasteiger partial charge in [-0.25, -0.2) is 11.2 Å². The van der Waals surface area contributed by atoms with Crippen LogP contribution in [0.15, 0.2) is 78.9 Å². The lowest BCUT2D eigenvalue weighted by molar-refractivity contribution is -0.0524. The van der Waals surface area contributed by atoms with Gasteiger partial charge in [0.1, 0.15) is 29.8 Å². The van der Waals surface area contributed by atoms with Crippen LogP contribution in [0.1, 0.15) is 57.7 Å². The number of benzene rings is 3. The van der Waals surface area contributed by atoms with E-state index in [-0.39, 0.29) is 48.8 Å². The van der Waals surface area contributed by atoms with Gasteiger partial charge < -0.3 is 38.2 Å². The second-order valence-electron chi connectivity index (χ2n) is 15.3. The summed E-state index contributed by atoms with van der Waals surface area (Å²) >= 11 is 5.75. The summed E-state index contributed by atoms with van der Waals surface area (Å²) in [6.07, 6.45) is -0.524. The molecule has 2 unspecified atom stereocenters. The van der Waals surface area contributed by atoms with Crippen molar-refractivity contribution < 1.29 is 28.0 Å². The topological polar surface area (TPSA) is 75.0 Å². The molecule has 1 N–H and O–H groups in total. The average Bonchev–Trinajstić information content (AvgIpc) is 3.69. The predicted octanol–water partition coefficient (Wildman–Crippen LogP) is 8.05. The Morgan fingerprint density at radius 3 is 1.57 bits per heavy atom. The maximum Gasteiger partial charge on any atom is 0.259 e. The monoisotopic (exact) mass is 961 g/mol. The highest BCUT2D eigenvalue weighted by Gasteiger charge is 2.49. The Hall–Kier alpha value is -7.53. The maximum atomic E-state index is 7.44. The van der Waals surface area contributed by atoms with Gasteiger partial charge in [0.2, 0.25) is 6.54 Å².